The van der Waals surface area contributed by atoms with Gasteiger partial charge in [0.15, 0.2) is 0 Å². The summed E-state index contributed by atoms with van der Waals surface area (Å²) in [6, 6.07) is 10.9. The van der Waals surface area contributed by atoms with Crippen LogP contribution >= 0.6 is 35.0 Å². The molecule has 0 aliphatic carbocycles. The smallest absolute Gasteiger partial charge is 0.242 e. The highest BCUT2D eigenvalue weighted by molar-refractivity contribution is 7.99. The van der Waals surface area contributed by atoms with Gasteiger partial charge in [0.1, 0.15) is 11.9 Å². The summed E-state index contributed by atoms with van der Waals surface area (Å²) in [5.74, 6) is -0.517. The van der Waals surface area contributed by atoms with E-state index in [1.54, 1.807) is 25.1 Å². The van der Waals surface area contributed by atoms with Crippen LogP contribution in [0.4, 0.5) is 4.39 Å². The van der Waals surface area contributed by atoms with Gasteiger partial charge in [0.2, 0.25) is 11.8 Å². The first-order chi connectivity index (χ1) is 13.3. The van der Waals surface area contributed by atoms with Crippen molar-refractivity contribution in [2.24, 2.45) is 0 Å². The third kappa shape index (κ3) is 6.12. The number of nitrogens with zero attached hydrogens (tertiary/aromatic N) is 1. The van der Waals surface area contributed by atoms with Crippen LogP contribution in [0.1, 0.15) is 18.1 Å². The van der Waals surface area contributed by atoms with E-state index in [0.29, 0.717) is 15.6 Å². The molecule has 0 spiro atoms. The molecule has 0 saturated heterocycles. The van der Waals surface area contributed by atoms with Crippen molar-refractivity contribution in [2.75, 3.05) is 12.8 Å². The molecule has 0 aliphatic rings. The molecule has 1 N–H and O–H groups in total. The van der Waals surface area contributed by atoms with Crippen molar-refractivity contribution in [2.45, 2.75) is 25.3 Å². The van der Waals surface area contributed by atoms with Gasteiger partial charge in [-0.2, -0.15) is 0 Å². The number of halogens is 3. The van der Waals surface area contributed by atoms with Crippen molar-refractivity contribution in [3.8, 4) is 0 Å². The minimum Gasteiger partial charge on any atom is -0.357 e. The van der Waals surface area contributed by atoms with E-state index in [-0.39, 0.29) is 29.9 Å². The lowest BCUT2D eigenvalue weighted by Crippen LogP contribution is -2.47. The van der Waals surface area contributed by atoms with E-state index in [2.05, 4.69) is 5.32 Å². The Morgan fingerprint density at radius 3 is 2.46 bits per heavy atom. The zero-order valence-electron chi connectivity index (χ0n) is 15.5. The molecule has 2 amide bonds. The highest BCUT2D eigenvalue weighted by Gasteiger charge is 2.25. The second-order valence-electron chi connectivity index (χ2n) is 6.13. The van der Waals surface area contributed by atoms with Crippen LogP contribution in [0.2, 0.25) is 10.0 Å². The van der Waals surface area contributed by atoms with Crippen molar-refractivity contribution in [3.63, 3.8) is 0 Å². The van der Waals surface area contributed by atoms with E-state index >= 15 is 0 Å². The molecule has 1 unspecified atom stereocenters. The summed E-state index contributed by atoms with van der Waals surface area (Å²) in [5, 5.41) is 3.49. The summed E-state index contributed by atoms with van der Waals surface area (Å²) >= 11 is 13.2. The molecule has 0 bridgehead atoms. The molecule has 2 rings (SSSR count). The number of carbonyl (C=O) groups is 2. The number of benzene rings is 2. The molecular weight excluding hydrogens is 422 g/mol. The maximum atomic E-state index is 13.9. The van der Waals surface area contributed by atoms with Crippen LogP contribution in [-0.4, -0.2) is 35.6 Å². The molecule has 0 aliphatic heterocycles. The fraction of sp³-hybridized carbons (Fsp3) is 0.300. The monoisotopic (exact) mass is 442 g/mol. The third-order valence-electron chi connectivity index (χ3n) is 4.21. The molecule has 0 heterocycles. The number of amides is 2. The highest BCUT2D eigenvalue weighted by Crippen LogP contribution is 2.24. The average Bonchev–Trinajstić information content (AvgIpc) is 2.68. The normalized spacial score (nSPS) is 11.8. The number of nitrogens with one attached hydrogen (secondary N) is 1. The first kappa shape index (κ1) is 22.5. The topological polar surface area (TPSA) is 49.4 Å². The van der Waals surface area contributed by atoms with Crippen molar-refractivity contribution in [1.29, 1.82) is 0 Å². The molecule has 0 saturated carbocycles. The van der Waals surface area contributed by atoms with Crippen molar-refractivity contribution >= 4 is 46.8 Å². The Morgan fingerprint density at radius 2 is 1.86 bits per heavy atom. The molecule has 2 aromatic rings. The highest BCUT2D eigenvalue weighted by atomic mass is 35.5. The van der Waals surface area contributed by atoms with Crippen LogP contribution in [-0.2, 0) is 21.9 Å². The van der Waals surface area contributed by atoms with Crippen molar-refractivity contribution in [1.82, 2.24) is 10.2 Å². The predicted molar refractivity (Wildman–Crippen MR) is 113 cm³/mol. The van der Waals surface area contributed by atoms with Gasteiger partial charge in [-0.05, 0) is 36.8 Å². The van der Waals surface area contributed by atoms with Crippen LogP contribution in [0, 0.1) is 5.82 Å². The summed E-state index contributed by atoms with van der Waals surface area (Å²) in [7, 11) is 1.53. The quantitative estimate of drug-likeness (QED) is 0.653. The molecule has 4 nitrogen and oxygen atoms in total. The van der Waals surface area contributed by atoms with Crippen LogP contribution in [0.15, 0.2) is 42.5 Å². The summed E-state index contributed by atoms with van der Waals surface area (Å²) in [4.78, 5) is 26.4. The second-order valence-corrected chi connectivity index (χ2v) is 7.96. The predicted octanol–water partition coefficient (Wildman–Crippen LogP) is 4.53. The summed E-state index contributed by atoms with van der Waals surface area (Å²) < 4.78 is 13.9. The number of carbonyl (C=O) groups excluding carboxylic acids is 2. The molecule has 2 aromatic carbocycles. The standard InChI is InChI=1S/C20H21Cl2FN2O2S/c1-13(20(27)24-2)25(10-14-6-8-15(21)9-7-14)19(26)12-28-11-16-17(22)4-3-5-18(16)23/h3-9,13H,10-12H2,1-2H3,(H,24,27). The fourth-order valence-electron chi connectivity index (χ4n) is 2.57. The number of rotatable bonds is 8. The van der Waals surface area contributed by atoms with Gasteiger partial charge in [0, 0.05) is 35.0 Å². The number of likely N-dealkylation sites (N-methyl/N-ethyl adjacent to an activating group) is 1. The maximum Gasteiger partial charge on any atom is 0.242 e. The summed E-state index contributed by atoms with van der Waals surface area (Å²) in [5.41, 5.74) is 1.22. The van der Waals surface area contributed by atoms with Crippen LogP contribution in [0.3, 0.4) is 0 Å². The SMILES string of the molecule is CNC(=O)C(C)N(Cc1ccc(Cl)cc1)C(=O)CSCc1c(F)cccc1Cl. The van der Waals surface area contributed by atoms with Gasteiger partial charge in [-0.25, -0.2) is 4.39 Å². The molecule has 28 heavy (non-hydrogen) atoms. The molecule has 0 aromatic heterocycles. The number of hydrogen-bond acceptors (Lipinski definition) is 3. The minimum absolute atomic E-state index is 0.0968. The first-order valence-electron chi connectivity index (χ1n) is 8.59. The van der Waals surface area contributed by atoms with Gasteiger partial charge in [0.05, 0.1) is 5.75 Å². The zero-order chi connectivity index (χ0) is 20.7. The van der Waals surface area contributed by atoms with Crippen molar-refractivity contribution < 1.29 is 14.0 Å². The van der Waals surface area contributed by atoms with E-state index in [0.717, 1.165) is 5.56 Å². The molecule has 0 fully saturated rings. The van der Waals surface area contributed by atoms with Crippen LogP contribution < -0.4 is 5.32 Å². The van der Waals surface area contributed by atoms with Gasteiger partial charge < -0.3 is 10.2 Å². The van der Waals surface area contributed by atoms with Gasteiger partial charge >= 0.3 is 0 Å². The summed E-state index contributed by atoms with van der Waals surface area (Å²) in [6.45, 7) is 1.94. The molecule has 150 valence electrons. The summed E-state index contributed by atoms with van der Waals surface area (Å²) in [6.07, 6.45) is 0. The second kappa shape index (κ2) is 10.7. The number of hydrogen-bond donors (Lipinski definition) is 1. The molecule has 0 radical (unpaired) electrons. The van der Waals surface area contributed by atoms with Gasteiger partial charge in [-0.1, -0.05) is 41.4 Å². The lowest BCUT2D eigenvalue weighted by atomic mass is 10.1. The lowest BCUT2D eigenvalue weighted by molar-refractivity contribution is -0.138. The van der Waals surface area contributed by atoms with E-state index in [9.17, 15) is 14.0 Å². The molecule has 1 atom stereocenters. The van der Waals surface area contributed by atoms with Gasteiger partial charge in [-0.3, -0.25) is 9.59 Å². The minimum atomic E-state index is -0.647. The molecule has 8 heteroatoms. The van der Waals surface area contributed by atoms with E-state index in [4.69, 9.17) is 23.2 Å². The molecular formula is C20H21Cl2FN2O2S. The maximum absolute atomic E-state index is 13.9. The van der Waals surface area contributed by atoms with Crippen molar-refractivity contribution in [3.05, 3.63) is 69.5 Å². The Hall–Kier alpha value is -1.76. The Morgan fingerprint density at radius 1 is 1.18 bits per heavy atom. The third-order valence-corrected chi connectivity index (χ3v) is 5.76. The lowest BCUT2D eigenvalue weighted by Gasteiger charge is -2.28. The van der Waals surface area contributed by atoms with Crippen LogP contribution in [0.25, 0.3) is 0 Å². The zero-order valence-corrected chi connectivity index (χ0v) is 17.9. The Balaban J connectivity index is 2.07. The largest absolute Gasteiger partial charge is 0.357 e. The van der Waals surface area contributed by atoms with E-state index in [1.807, 2.05) is 12.1 Å². The Labute approximate surface area is 178 Å². The Bertz CT molecular complexity index is 813. The van der Waals surface area contributed by atoms with Gasteiger partial charge in [-0.15, -0.1) is 11.8 Å². The van der Waals surface area contributed by atoms with E-state index in [1.165, 1.54) is 35.8 Å². The van der Waals surface area contributed by atoms with Crippen LogP contribution in [0.5, 0.6) is 0 Å². The first-order valence-corrected chi connectivity index (χ1v) is 10.5. The average molecular weight is 443 g/mol. The van der Waals surface area contributed by atoms with Gasteiger partial charge in [0.25, 0.3) is 0 Å². The fourth-order valence-corrected chi connectivity index (χ4v) is 3.95. The number of thioether (sulfide) groups is 1. The Kier molecular flexibility index (Phi) is 8.60. The van der Waals surface area contributed by atoms with E-state index < -0.39 is 11.9 Å².